The first kappa shape index (κ1) is 16.8. The lowest BCUT2D eigenvalue weighted by molar-refractivity contribution is -0.0789. The Labute approximate surface area is 143 Å². The van der Waals surface area contributed by atoms with Crippen molar-refractivity contribution in [3.05, 3.63) is 23.9 Å². The molecule has 3 rings (SSSR count). The van der Waals surface area contributed by atoms with Crippen molar-refractivity contribution < 1.29 is 4.79 Å². The molecule has 0 N–H and O–H groups in total. The van der Waals surface area contributed by atoms with Crippen LogP contribution < -0.4 is 0 Å². The largest absolute Gasteiger partial charge is 0.338 e. The first-order valence-electron chi connectivity index (χ1n) is 8.22. The topological polar surface area (TPSA) is 36.4 Å². The Hall–Kier alpha value is -1.07. The van der Waals surface area contributed by atoms with E-state index in [4.69, 9.17) is 0 Å². The van der Waals surface area contributed by atoms with Gasteiger partial charge in [-0.3, -0.25) is 4.79 Å². The average Bonchev–Trinajstić information content (AvgIpc) is 2.80. The second-order valence-corrected chi connectivity index (χ2v) is 8.86. The van der Waals surface area contributed by atoms with Gasteiger partial charge >= 0.3 is 0 Å². The van der Waals surface area contributed by atoms with E-state index in [1.165, 1.54) is 6.42 Å². The molecule has 1 aliphatic carbocycles. The molecule has 0 bridgehead atoms. The summed E-state index contributed by atoms with van der Waals surface area (Å²) in [5, 5.41) is 0.831. The molecule has 2 atom stereocenters. The van der Waals surface area contributed by atoms with Crippen molar-refractivity contribution in [3.8, 4) is 0 Å². The molecular formula is C18H27N3OS. The summed E-state index contributed by atoms with van der Waals surface area (Å²) in [7, 11) is 4.27. The first-order valence-corrected chi connectivity index (χ1v) is 9.44. The van der Waals surface area contributed by atoms with Crippen LogP contribution >= 0.6 is 11.8 Å². The summed E-state index contributed by atoms with van der Waals surface area (Å²) in [6.07, 6.45) is 4.94. The van der Waals surface area contributed by atoms with Gasteiger partial charge in [-0.2, -0.15) is 0 Å². The Morgan fingerprint density at radius 2 is 2.22 bits per heavy atom. The first-order chi connectivity index (χ1) is 10.8. The molecule has 0 aromatic carbocycles. The van der Waals surface area contributed by atoms with E-state index in [0.717, 1.165) is 30.2 Å². The molecule has 23 heavy (non-hydrogen) atoms. The SMILES string of the molecule is CSc1ncccc1C(=O)N1C[C@@H]2C(C)(C)C[C@]2(CN(C)C)C1. The molecule has 2 aliphatic rings. The number of nitrogens with zero attached hydrogens (tertiary/aromatic N) is 3. The van der Waals surface area contributed by atoms with Crippen LogP contribution in [0.5, 0.6) is 0 Å². The molecular weight excluding hydrogens is 306 g/mol. The summed E-state index contributed by atoms with van der Waals surface area (Å²) < 4.78 is 0. The number of likely N-dealkylation sites (tertiary alicyclic amines) is 1. The monoisotopic (exact) mass is 333 g/mol. The van der Waals surface area contributed by atoms with E-state index in [1.54, 1.807) is 18.0 Å². The molecule has 2 heterocycles. The molecule has 5 heteroatoms. The molecule has 0 unspecified atom stereocenters. The lowest BCUT2D eigenvalue weighted by atomic mass is 9.48. The van der Waals surface area contributed by atoms with Gasteiger partial charge in [0.05, 0.1) is 5.56 Å². The zero-order valence-corrected chi connectivity index (χ0v) is 15.6. The van der Waals surface area contributed by atoms with Gasteiger partial charge in [-0.1, -0.05) is 13.8 Å². The number of aromatic nitrogens is 1. The van der Waals surface area contributed by atoms with Gasteiger partial charge in [0.25, 0.3) is 5.91 Å². The third kappa shape index (κ3) is 2.78. The Morgan fingerprint density at radius 1 is 1.48 bits per heavy atom. The smallest absolute Gasteiger partial charge is 0.256 e. The quantitative estimate of drug-likeness (QED) is 0.794. The highest BCUT2D eigenvalue weighted by molar-refractivity contribution is 7.98. The van der Waals surface area contributed by atoms with Crippen molar-refractivity contribution in [1.29, 1.82) is 0 Å². The minimum atomic E-state index is 0.144. The van der Waals surface area contributed by atoms with Crippen LogP contribution in [0.2, 0.25) is 0 Å². The maximum atomic E-state index is 13.0. The third-order valence-corrected chi connectivity index (χ3v) is 6.22. The molecule has 126 valence electrons. The van der Waals surface area contributed by atoms with E-state index in [9.17, 15) is 4.79 Å². The van der Waals surface area contributed by atoms with Crippen LogP contribution in [0.4, 0.5) is 0 Å². The molecule has 1 amide bonds. The predicted octanol–water partition coefficient (Wildman–Crippen LogP) is 2.85. The number of hydrogen-bond donors (Lipinski definition) is 0. The summed E-state index contributed by atoms with van der Waals surface area (Å²) >= 11 is 1.54. The number of amides is 1. The van der Waals surface area contributed by atoms with E-state index >= 15 is 0 Å². The van der Waals surface area contributed by atoms with E-state index in [0.29, 0.717) is 11.3 Å². The van der Waals surface area contributed by atoms with Gasteiger partial charge in [-0.15, -0.1) is 11.8 Å². The number of pyridine rings is 1. The van der Waals surface area contributed by atoms with Gasteiger partial charge in [-0.05, 0) is 50.2 Å². The fourth-order valence-corrected chi connectivity index (χ4v) is 5.55. The molecule has 1 aromatic heterocycles. The Kier molecular flexibility index (Phi) is 4.21. The van der Waals surface area contributed by atoms with Crippen LogP contribution in [-0.2, 0) is 0 Å². The second kappa shape index (κ2) is 5.78. The number of carbonyl (C=O) groups is 1. The van der Waals surface area contributed by atoms with Gasteiger partial charge in [-0.25, -0.2) is 4.98 Å². The molecule has 2 fully saturated rings. The maximum Gasteiger partial charge on any atom is 0.256 e. The molecule has 1 saturated heterocycles. The normalized spacial score (nSPS) is 28.6. The fraction of sp³-hybridized carbons (Fsp3) is 0.667. The van der Waals surface area contributed by atoms with Crippen LogP contribution in [0, 0.1) is 16.7 Å². The van der Waals surface area contributed by atoms with E-state index in [-0.39, 0.29) is 11.3 Å². The van der Waals surface area contributed by atoms with Crippen molar-refractivity contribution in [3.63, 3.8) is 0 Å². The van der Waals surface area contributed by atoms with Crippen LogP contribution in [-0.4, -0.2) is 60.7 Å². The van der Waals surface area contributed by atoms with Crippen molar-refractivity contribution in [2.75, 3.05) is 40.0 Å². The van der Waals surface area contributed by atoms with Gasteiger partial charge in [0.1, 0.15) is 5.03 Å². The molecule has 4 nitrogen and oxygen atoms in total. The summed E-state index contributed by atoms with van der Waals surface area (Å²) in [5.41, 5.74) is 1.35. The predicted molar refractivity (Wildman–Crippen MR) is 94.8 cm³/mol. The average molecular weight is 334 g/mol. The second-order valence-electron chi connectivity index (χ2n) is 8.06. The van der Waals surface area contributed by atoms with Crippen molar-refractivity contribution in [2.45, 2.75) is 25.3 Å². The lowest BCUT2D eigenvalue weighted by Crippen LogP contribution is -2.57. The highest BCUT2D eigenvalue weighted by atomic mass is 32.2. The number of fused-ring (bicyclic) bond motifs is 1. The summed E-state index contributed by atoms with van der Waals surface area (Å²) in [4.78, 5) is 21.7. The van der Waals surface area contributed by atoms with Gasteiger partial charge < -0.3 is 9.80 Å². The van der Waals surface area contributed by atoms with E-state index < -0.39 is 0 Å². The highest BCUT2D eigenvalue weighted by Gasteiger charge is 2.63. The molecule has 0 spiro atoms. The van der Waals surface area contributed by atoms with E-state index in [1.807, 2.05) is 18.4 Å². The summed E-state index contributed by atoms with van der Waals surface area (Å²) in [5.74, 6) is 0.738. The number of hydrogen-bond acceptors (Lipinski definition) is 4. The fourth-order valence-electron chi connectivity index (χ4n) is 5.01. The van der Waals surface area contributed by atoms with E-state index in [2.05, 4.69) is 42.7 Å². The number of thioether (sulfide) groups is 1. The number of carbonyl (C=O) groups excluding carboxylic acids is 1. The van der Waals surface area contributed by atoms with Crippen LogP contribution in [0.25, 0.3) is 0 Å². The van der Waals surface area contributed by atoms with Crippen LogP contribution in [0.3, 0.4) is 0 Å². The Morgan fingerprint density at radius 3 is 2.83 bits per heavy atom. The Bertz CT molecular complexity index is 612. The van der Waals surface area contributed by atoms with Crippen LogP contribution in [0.15, 0.2) is 23.4 Å². The van der Waals surface area contributed by atoms with Crippen molar-refractivity contribution >= 4 is 17.7 Å². The maximum absolute atomic E-state index is 13.0. The Balaban J connectivity index is 1.84. The van der Waals surface area contributed by atoms with Gasteiger partial charge in [0.15, 0.2) is 0 Å². The summed E-state index contributed by atoms with van der Waals surface area (Å²) in [6, 6.07) is 3.77. The highest BCUT2D eigenvalue weighted by Crippen LogP contribution is 2.62. The summed E-state index contributed by atoms with van der Waals surface area (Å²) in [6.45, 7) is 7.50. The molecule has 1 aromatic rings. The minimum Gasteiger partial charge on any atom is -0.338 e. The third-order valence-electron chi connectivity index (χ3n) is 5.51. The molecule has 1 aliphatic heterocycles. The zero-order chi connectivity index (χ0) is 16.8. The lowest BCUT2D eigenvalue weighted by Gasteiger charge is -2.57. The number of rotatable bonds is 4. The standard InChI is InChI=1S/C18H27N3OS/c1-17(2)10-18(11-20(3)4)12-21(9-14(17)18)16(22)13-7-6-8-19-15(13)23-5/h6-8,14H,9-12H2,1-5H3/t14-,18+/m1/s1. The van der Waals surface area contributed by atoms with Crippen LogP contribution in [0.1, 0.15) is 30.6 Å². The molecule has 0 radical (unpaired) electrons. The van der Waals surface area contributed by atoms with Crippen molar-refractivity contribution in [1.82, 2.24) is 14.8 Å². The van der Waals surface area contributed by atoms with Gasteiger partial charge in [0, 0.05) is 31.2 Å². The van der Waals surface area contributed by atoms with Crippen molar-refractivity contribution in [2.24, 2.45) is 16.7 Å². The zero-order valence-electron chi connectivity index (χ0n) is 14.8. The van der Waals surface area contributed by atoms with Gasteiger partial charge in [0.2, 0.25) is 0 Å². The molecule has 1 saturated carbocycles. The minimum absolute atomic E-state index is 0.144.